The molecular formula is C19H31NO2. The van der Waals surface area contributed by atoms with Crippen molar-refractivity contribution < 1.29 is 9.53 Å². The molecule has 0 heterocycles. The number of nitrogens with one attached hydrogen (secondary N) is 1. The summed E-state index contributed by atoms with van der Waals surface area (Å²) in [5, 5.41) is 2.92. The number of hydrogen-bond donors (Lipinski definition) is 1. The summed E-state index contributed by atoms with van der Waals surface area (Å²) in [6, 6.07) is 7.66. The first kappa shape index (κ1) is 18.5. The Balaban J connectivity index is 2.20. The van der Waals surface area contributed by atoms with Gasteiger partial charge < -0.3 is 10.1 Å². The van der Waals surface area contributed by atoms with E-state index < -0.39 is 0 Å². The average Bonchev–Trinajstić information content (AvgIpc) is 2.52. The van der Waals surface area contributed by atoms with Crippen LogP contribution in [-0.2, 0) is 4.79 Å². The highest BCUT2D eigenvalue weighted by molar-refractivity contribution is 5.90. The third kappa shape index (κ3) is 8.71. The molecule has 124 valence electrons. The first-order valence-electron chi connectivity index (χ1n) is 8.79. The third-order valence-corrected chi connectivity index (χ3v) is 3.66. The van der Waals surface area contributed by atoms with E-state index in [0.717, 1.165) is 43.7 Å². The van der Waals surface area contributed by atoms with Crippen molar-refractivity contribution in [1.29, 1.82) is 0 Å². The number of unbranched alkanes of at least 4 members (excludes halogenated alkanes) is 6. The first-order valence-corrected chi connectivity index (χ1v) is 8.79. The van der Waals surface area contributed by atoms with E-state index in [1.165, 1.54) is 25.7 Å². The highest BCUT2D eigenvalue weighted by Crippen LogP contribution is 2.17. The number of carbonyl (C=O) groups is 1. The van der Waals surface area contributed by atoms with Gasteiger partial charge in [0.2, 0.25) is 5.91 Å². The summed E-state index contributed by atoms with van der Waals surface area (Å²) in [4.78, 5) is 11.7. The Morgan fingerprint density at radius 1 is 0.909 bits per heavy atom. The molecule has 0 saturated carbocycles. The fourth-order valence-electron chi connectivity index (χ4n) is 2.29. The van der Waals surface area contributed by atoms with Crippen molar-refractivity contribution in [3.8, 4) is 5.75 Å². The molecule has 0 aliphatic heterocycles. The molecule has 3 nitrogen and oxygen atoms in total. The van der Waals surface area contributed by atoms with Gasteiger partial charge in [0.1, 0.15) is 5.75 Å². The SMILES string of the molecule is CCCCCCCOc1ccc(NC(=O)CCCCC)cc1. The topological polar surface area (TPSA) is 38.3 Å². The molecule has 3 heteroatoms. The van der Waals surface area contributed by atoms with Gasteiger partial charge in [-0.1, -0.05) is 52.4 Å². The Morgan fingerprint density at radius 3 is 2.23 bits per heavy atom. The van der Waals surface area contributed by atoms with Crippen LogP contribution in [0.5, 0.6) is 5.75 Å². The molecule has 22 heavy (non-hydrogen) atoms. The molecule has 1 aromatic carbocycles. The van der Waals surface area contributed by atoms with Gasteiger partial charge in [-0.3, -0.25) is 4.79 Å². The smallest absolute Gasteiger partial charge is 0.224 e. The lowest BCUT2D eigenvalue weighted by Crippen LogP contribution is -2.10. The molecule has 0 saturated heterocycles. The molecule has 1 rings (SSSR count). The maximum absolute atomic E-state index is 11.7. The minimum atomic E-state index is 0.0954. The quantitative estimate of drug-likeness (QED) is 0.514. The number of benzene rings is 1. The molecule has 0 aromatic heterocycles. The highest BCUT2D eigenvalue weighted by atomic mass is 16.5. The van der Waals surface area contributed by atoms with Crippen LogP contribution in [0.2, 0.25) is 0 Å². The summed E-state index contributed by atoms with van der Waals surface area (Å²) < 4.78 is 5.71. The fourth-order valence-corrected chi connectivity index (χ4v) is 2.29. The lowest BCUT2D eigenvalue weighted by Gasteiger charge is -2.08. The highest BCUT2D eigenvalue weighted by Gasteiger charge is 2.02. The van der Waals surface area contributed by atoms with Gasteiger partial charge in [-0.25, -0.2) is 0 Å². The Kier molecular flexibility index (Phi) is 10.2. The van der Waals surface area contributed by atoms with Gasteiger partial charge in [-0.2, -0.15) is 0 Å². The van der Waals surface area contributed by atoms with Crippen molar-refractivity contribution in [3.63, 3.8) is 0 Å². The summed E-state index contributed by atoms with van der Waals surface area (Å²) in [7, 11) is 0. The largest absolute Gasteiger partial charge is 0.494 e. The molecule has 0 fully saturated rings. The molecular weight excluding hydrogens is 274 g/mol. The number of rotatable bonds is 12. The molecule has 0 bridgehead atoms. The van der Waals surface area contributed by atoms with E-state index in [2.05, 4.69) is 19.2 Å². The van der Waals surface area contributed by atoms with Gasteiger partial charge in [-0.05, 0) is 37.1 Å². The van der Waals surface area contributed by atoms with E-state index in [1.807, 2.05) is 24.3 Å². The van der Waals surface area contributed by atoms with Crippen LogP contribution in [0.15, 0.2) is 24.3 Å². The lowest BCUT2D eigenvalue weighted by molar-refractivity contribution is -0.116. The van der Waals surface area contributed by atoms with Gasteiger partial charge in [0, 0.05) is 12.1 Å². The molecule has 0 radical (unpaired) electrons. The zero-order valence-electron chi connectivity index (χ0n) is 14.2. The Bertz CT molecular complexity index is 400. The summed E-state index contributed by atoms with van der Waals surface area (Å²) >= 11 is 0. The van der Waals surface area contributed by atoms with E-state index in [0.29, 0.717) is 6.42 Å². The predicted octanol–water partition coefficient (Wildman–Crippen LogP) is 5.55. The predicted molar refractivity (Wildman–Crippen MR) is 93.5 cm³/mol. The monoisotopic (exact) mass is 305 g/mol. The minimum absolute atomic E-state index is 0.0954. The summed E-state index contributed by atoms with van der Waals surface area (Å²) in [6.45, 7) is 5.13. The zero-order valence-corrected chi connectivity index (χ0v) is 14.2. The van der Waals surface area contributed by atoms with Crippen LogP contribution >= 0.6 is 0 Å². The van der Waals surface area contributed by atoms with E-state index in [4.69, 9.17) is 4.74 Å². The van der Waals surface area contributed by atoms with Gasteiger partial charge in [-0.15, -0.1) is 0 Å². The molecule has 0 spiro atoms. The number of anilines is 1. The summed E-state index contributed by atoms with van der Waals surface area (Å²) in [5.74, 6) is 0.970. The normalized spacial score (nSPS) is 10.5. The van der Waals surface area contributed by atoms with Crippen molar-refractivity contribution in [1.82, 2.24) is 0 Å². The second kappa shape index (κ2) is 12.1. The van der Waals surface area contributed by atoms with Crippen molar-refractivity contribution in [2.24, 2.45) is 0 Å². The molecule has 1 N–H and O–H groups in total. The number of ether oxygens (including phenoxy) is 1. The average molecular weight is 305 g/mol. The van der Waals surface area contributed by atoms with Crippen LogP contribution in [0.4, 0.5) is 5.69 Å². The first-order chi connectivity index (χ1) is 10.8. The summed E-state index contributed by atoms with van der Waals surface area (Å²) in [6.07, 6.45) is 10.0. The van der Waals surface area contributed by atoms with E-state index >= 15 is 0 Å². The Morgan fingerprint density at radius 2 is 1.55 bits per heavy atom. The number of amides is 1. The molecule has 0 atom stereocenters. The maximum atomic E-state index is 11.7. The van der Waals surface area contributed by atoms with Gasteiger partial charge in [0.25, 0.3) is 0 Å². The second-order valence-electron chi connectivity index (χ2n) is 5.79. The standard InChI is InChI=1S/C19H31NO2/c1-3-5-7-8-10-16-22-18-14-12-17(13-15-18)20-19(21)11-9-6-4-2/h12-15H,3-11,16H2,1-2H3,(H,20,21). The molecule has 1 aromatic rings. The van der Waals surface area contributed by atoms with Crippen LogP contribution in [-0.4, -0.2) is 12.5 Å². The number of hydrogen-bond acceptors (Lipinski definition) is 2. The molecule has 0 unspecified atom stereocenters. The fraction of sp³-hybridized carbons (Fsp3) is 0.632. The molecule has 1 amide bonds. The van der Waals surface area contributed by atoms with Crippen molar-refractivity contribution in [2.45, 2.75) is 71.6 Å². The van der Waals surface area contributed by atoms with Gasteiger partial charge in [0.05, 0.1) is 6.61 Å². The molecule has 0 aliphatic carbocycles. The van der Waals surface area contributed by atoms with E-state index in [9.17, 15) is 4.79 Å². The van der Waals surface area contributed by atoms with Crippen LogP contribution < -0.4 is 10.1 Å². The van der Waals surface area contributed by atoms with Crippen LogP contribution in [0.1, 0.15) is 71.6 Å². The maximum Gasteiger partial charge on any atom is 0.224 e. The van der Waals surface area contributed by atoms with Crippen molar-refractivity contribution in [3.05, 3.63) is 24.3 Å². The number of carbonyl (C=O) groups excluding carboxylic acids is 1. The van der Waals surface area contributed by atoms with Crippen molar-refractivity contribution in [2.75, 3.05) is 11.9 Å². The Hall–Kier alpha value is -1.51. The van der Waals surface area contributed by atoms with E-state index in [-0.39, 0.29) is 5.91 Å². The van der Waals surface area contributed by atoms with Gasteiger partial charge in [0.15, 0.2) is 0 Å². The van der Waals surface area contributed by atoms with Crippen LogP contribution in [0.3, 0.4) is 0 Å². The lowest BCUT2D eigenvalue weighted by atomic mass is 10.2. The van der Waals surface area contributed by atoms with Gasteiger partial charge >= 0.3 is 0 Å². The van der Waals surface area contributed by atoms with E-state index in [1.54, 1.807) is 0 Å². The molecule has 0 aliphatic rings. The minimum Gasteiger partial charge on any atom is -0.494 e. The Labute approximate surface area is 135 Å². The van der Waals surface area contributed by atoms with Crippen molar-refractivity contribution >= 4 is 11.6 Å². The zero-order chi connectivity index (χ0) is 16.0. The van der Waals surface area contributed by atoms with Crippen LogP contribution in [0, 0.1) is 0 Å². The second-order valence-corrected chi connectivity index (χ2v) is 5.79. The third-order valence-electron chi connectivity index (χ3n) is 3.66. The summed E-state index contributed by atoms with van der Waals surface area (Å²) in [5.41, 5.74) is 0.844. The van der Waals surface area contributed by atoms with Crippen LogP contribution in [0.25, 0.3) is 0 Å².